The summed E-state index contributed by atoms with van der Waals surface area (Å²) < 4.78 is 0.894. The lowest BCUT2D eigenvalue weighted by Gasteiger charge is -2.13. The largest absolute Gasteiger partial charge is 0.710 e. The van der Waals surface area contributed by atoms with Crippen LogP contribution in [0.3, 0.4) is 0 Å². The zero-order valence-corrected chi connectivity index (χ0v) is 11.7. The van der Waals surface area contributed by atoms with Crippen molar-refractivity contribution >= 4 is 0 Å². The molecule has 0 unspecified atom stereocenters. The number of rotatable bonds is 3. The van der Waals surface area contributed by atoms with Gasteiger partial charge in [-0.15, -0.1) is 0 Å². The molecule has 0 aliphatic heterocycles. The minimum Gasteiger partial charge on any atom is -0.710 e. The van der Waals surface area contributed by atoms with Crippen LogP contribution < -0.4 is 4.73 Å². The van der Waals surface area contributed by atoms with Crippen LogP contribution in [0.2, 0.25) is 0 Å². The third-order valence-corrected chi connectivity index (χ3v) is 3.37. The van der Waals surface area contributed by atoms with E-state index in [0.717, 1.165) is 15.9 Å². The lowest BCUT2D eigenvalue weighted by molar-refractivity contribution is -0.605. The van der Waals surface area contributed by atoms with Gasteiger partial charge in [-0.3, -0.25) is 0 Å². The Bertz CT molecular complexity index is 743. The van der Waals surface area contributed by atoms with Gasteiger partial charge in [-0.05, 0) is 17.2 Å². The van der Waals surface area contributed by atoms with E-state index in [1.165, 1.54) is 0 Å². The quantitative estimate of drug-likeness (QED) is 0.546. The van der Waals surface area contributed by atoms with Crippen LogP contribution in [-0.4, -0.2) is 10.2 Å². The van der Waals surface area contributed by atoms with E-state index >= 15 is 0 Å². The van der Waals surface area contributed by atoms with E-state index in [1.54, 1.807) is 0 Å². The highest BCUT2D eigenvalue weighted by molar-refractivity contribution is 5.61. The SMILES string of the molecule is CCc1c(-c2ccccc2)nnc(-c2ccccc2)[n+]1[O-]. The summed E-state index contributed by atoms with van der Waals surface area (Å²) in [4.78, 5) is 0. The summed E-state index contributed by atoms with van der Waals surface area (Å²) in [5.74, 6) is 0.340. The fourth-order valence-corrected chi connectivity index (χ4v) is 2.31. The van der Waals surface area contributed by atoms with Crippen LogP contribution in [0.1, 0.15) is 12.6 Å². The first kappa shape index (κ1) is 13.2. The molecule has 1 aromatic heterocycles. The molecule has 104 valence electrons. The van der Waals surface area contributed by atoms with Gasteiger partial charge in [0, 0.05) is 12.0 Å². The molecule has 0 fully saturated rings. The Hall–Kier alpha value is -2.75. The minimum atomic E-state index is 0.340. The average molecular weight is 277 g/mol. The molecule has 3 rings (SSSR count). The van der Waals surface area contributed by atoms with E-state index < -0.39 is 0 Å². The first-order chi connectivity index (χ1) is 10.3. The van der Waals surface area contributed by atoms with Crippen molar-refractivity contribution in [2.45, 2.75) is 13.3 Å². The summed E-state index contributed by atoms with van der Waals surface area (Å²) in [7, 11) is 0. The molecule has 0 aliphatic carbocycles. The maximum absolute atomic E-state index is 12.6. The van der Waals surface area contributed by atoms with Gasteiger partial charge >= 0.3 is 5.82 Å². The summed E-state index contributed by atoms with van der Waals surface area (Å²) >= 11 is 0. The highest BCUT2D eigenvalue weighted by Crippen LogP contribution is 2.21. The Balaban J connectivity index is 2.17. The monoisotopic (exact) mass is 277 g/mol. The second kappa shape index (κ2) is 5.71. The van der Waals surface area contributed by atoms with Crippen molar-refractivity contribution in [3.63, 3.8) is 0 Å². The number of hydrogen-bond donors (Lipinski definition) is 0. The Labute approximate surface area is 123 Å². The zero-order chi connectivity index (χ0) is 14.7. The molecule has 21 heavy (non-hydrogen) atoms. The van der Waals surface area contributed by atoms with Crippen LogP contribution in [0, 0.1) is 5.21 Å². The van der Waals surface area contributed by atoms with Gasteiger partial charge in [0.05, 0.1) is 10.7 Å². The Kier molecular flexibility index (Phi) is 3.60. The maximum Gasteiger partial charge on any atom is 0.361 e. The van der Waals surface area contributed by atoms with Crippen LogP contribution in [0.25, 0.3) is 22.6 Å². The van der Waals surface area contributed by atoms with Gasteiger partial charge in [0.1, 0.15) is 5.69 Å². The maximum atomic E-state index is 12.6. The first-order valence-electron chi connectivity index (χ1n) is 6.91. The molecule has 3 aromatic rings. The van der Waals surface area contributed by atoms with E-state index in [-0.39, 0.29) is 0 Å². The van der Waals surface area contributed by atoms with Crippen molar-refractivity contribution in [1.29, 1.82) is 0 Å². The van der Waals surface area contributed by atoms with E-state index in [0.29, 0.717) is 23.6 Å². The smallest absolute Gasteiger partial charge is 0.361 e. The first-order valence-corrected chi connectivity index (χ1v) is 6.91. The number of nitrogens with zero attached hydrogens (tertiary/aromatic N) is 3. The molecule has 0 radical (unpaired) electrons. The van der Waals surface area contributed by atoms with Crippen molar-refractivity contribution in [1.82, 2.24) is 10.2 Å². The van der Waals surface area contributed by atoms with Crippen LogP contribution in [0.15, 0.2) is 60.7 Å². The summed E-state index contributed by atoms with van der Waals surface area (Å²) in [6, 6.07) is 19.1. The number of aromatic nitrogens is 3. The Morgan fingerprint density at radius 1 is 0.857 bits per heavy atom. The molecule has 0 atom stereocenters. The van der Waals surface area contributed by atoms with Crippen LogP contribution in [0.5, 0.6) is 0 Å². The minimum absolute atomic E-state index is 0.340. The van der Waals surface area contributed by atoms with Crippen LogP contribution in [-0.2, 0) is 6.42 Å². The molecule has 0 spiro atoms. The van der Waals surface area contributed by atoms with Gasteiger partial charge in [-0.1, -0.05) is 55.5 Å². The van der Waals surface area contributed by atoms with Gasteiger partial charge in [0.25, 0.3) is 0 Å². The van der Waals surface area contributed by atoms with Gasteiger partial charge in [-0.2, -0.15) is 0 Å². The third-order valence-electron chi connectivity index (χ3n) is 3.37. The van der Waals surface area contributed by atoms with E-state index in [2.05, 4.69) is 10.2 Å². The topological polar surface area (TPSA) is 52.7 Å². The lowest BCUT2D eigenvalue weighted by Crippen LogP contribution is -2.37. The second-order valence-corrected chi connectivity index (χ2v) is 4.70. The molecular weight excluding hydrogens is 262 g/mol. The second-order valence-electron chi connectivity index (χ2n) is 4.70. The number of hydrogen-bond acceptors (Lipinski definition) is 3. The van der Waals surface area contributed by atoms with Gasteiger partial charge < -0.3 is 5.21 Å². The standard InChI is InChI=1S/C17H15N3O/c1-2-15-16(13-9-5-3-6-10-13)18-19-17(20(15)21)14-11-7-4-8-12-14/h3-12H,2H2,1H3. The molecule has 0 amide bonds. The highest BCUT2D eigenvalue weighted by Gasteiger charge is 2.20. The van der Waals surface area contributed by atoms with Crippen molar-refractivity contribution in [3.05, 3.63) is 71.6 Å². The summed E-state index contributed by atoms with van der Waals surface area (Å²) in [6.07, 6.45) is 0.600. The summed E-state index contributed by atoms with van der Waals surface area (Å²) in [5.41, 5.74) is 2.96. The molecular formula is C17H15N3O. The predicted octanol–water partition coefficient (Wildman–Crippen LogP) is 3.01. The molecule has 1 heterocycles. The third kappa shape index (κ3) is 2.48. The van der Waals surface area contributed by atoms with E-state index in [1.807, 2.05) is 67.6 Å². The summed E-state index contributed by atoms with van der Waals surface area (Å²) in [6.45, 7) is 1.95. The molecule has 0 saturated carbocycles. The van der Waals surface area contributed by atoms with Gasteiger partial charge in [0.2, 0.25) is 0 Å². The molecule has 4 nitrogen and oxygen atoms in total. The highest BCUT2D eigenvalue weighted by atomic mass is 16.5. The summed E-state index contributed by atoms with van der Waals surface area (Å²) in [5, 5.41) is 21.0. The molecule has 0 N–H and O–H groups in total. The number of benzene rings is 2. The van der Waals surface area contributed by atoms with Crippen molar-refractivity contribution < 1.29 is 4.73 Å². The molecule has 0 bridgehead atoms. The normalized spacial score (nSPS) is 10.5. The average Bonchev–Trinajstić information content (AvgIpc) is 2.56. The van der Waals surface area contributed by atoms with E-state index in [4.69, 9.17) is 0 Å². The molecule has 0 saturated heterocycles. The molecule has 0 aliphatic rings. The zero-order valence-electron chi connectivity index (χ0n) is 11.7. The molecule has 2 aromatic carbocycles. The van der Waals surface area contributed by atoms with Gasteiger partial charge in [-0.25, -0.2) is 4.73 Å². The van der Waals surface area contributed by atoms with Gasteiger partial charge in [0.15, 0.2) is 5.69 Å². The fraction of sp³-hybridized carbons (Fsp3) is 0.118. The van der Waals surface area contributed by atoms with Crippen molar-refractivity contribution in [3.8, 4) is 22.6 Å². The van der Waals surface area contributed by atoms with E-state index in [9.17, 15) is 5.21 Å². The Morgan fingerprint density at radius 2 is 1.43 bits per heavy atom. The lowest BCUT2D eigenvalue weighted by atomic mass is 10.1. The van der Waals surface area contributed by atoms with Crippen LogP contribution in [0.4, 0.5) is 0 Å². The van der Waals surface area contributed by atoms with Crippen molar-refractivity contribution in [2.24, 2.45) is 0 Å². The predicted molar refractivity (Wildman–Crippen MR) is 81.2 cm³/mol. The fourth-order valence-electron chi connectivity index (χ4n) is 2.31. The van der Waals surface area contributed by atoms with Crippen molar-refractivity contribution in [2.75, 3.05) is 0 Å². The van der Waals surface area contributed by atoms with Crippen LogP contribution >= 0.6 is 0 Å². The Morgan fingerprint density at radius 3 is 2.00 bits per heavy atom. The molecule has 4 heteroatoms.